The van der Waals surface area contributed by atoms with Crippen molar-refractivity contribution < 1.29 is 9.47 Å². The Bertz CT molecular complexity index is 797. The molecule has 0 atom stereocenters. The Hall–Kier alpha value is -1.68. The Morgan fingerprint density at radius 3 is 2.60 bits per heavy atom. The second kappa shape index (κ2) is 4.70. The topological polar surface area (TPSA) is 31.4 Å². The predicted octanol–water partition coefficient (Wildman–Crippen LogP) is 4.09. The van der Waals surface area contributed by atoms with Crippen molar-refractivity contribution in [3.63, 3.8) is 0 Å². The van der Waals surface area contributed by atoms with Crippen LogP contribution < -0.4 is 0 Å². The molecule has 4 rings (SSSR count). The van der Waals surface area contributed by atoms with Crippen LogP contribution in [0.25, 0.3) is 21.7 Å². The fourth-order valence-electron chi connectivity index (χ4n) is 2.61. The van der Waals surface area contributed by atoms with E-state index >= 15 is 0 Å². The van der Waals surface area contributed by atoms with Crippen LogP contribution in [-0.4, -0.2) is 18.2 Å². The molecule has 3 aromatic rings. The van der Waals surface area contributed by atoms with Crippen molar-refractivity contribution in [3.8, 4) is 0 Å². The van der Waals surface area contributed by atoms with Crippen molar-refractivity contribution >= 4 is 33.3 Å². The number of aromatic nitrogens is 1. The molecular formula is C16H12ClNO2. The zero-order valence-electron chi connectivity index (χ0n) is 10.7. The van der Waals surface area contributed by atoms with Crippen LogP contribution in [-0.2, 0) is 9.47 Å². The van der Waals surface area contributed by atoms with E-state index in [0.717, 1.165) is 27.2 Å². The smallest absolute Gasteiger partial charge is 0.187 e. The molecular weight excluding hydrogens is 274 g/mol. The average Bonchev–Trinajstić information content (AvgIpc) is 3.00. The van der Waals surface area contributed by atoms with E-state index < -0.39 is 6.29 Å². The normalized spacial score (nSPS) is 16.2. The Balaban J connectivity index is 1.98. The third kappa shape index (κ3) is 1.86. The summed E-state index contributed by atoms with van der Waals surface area (Å²) in [6.07, 6.45) is -0.397. The Morgan fingerprint density at radius 1 is 1.00 bits per heavy atom. The number of fused-ring (bicyclic) bond motifs is 3. The fourth-order valence-corrected chi connectivity index (χ4v) is 2.83. The summed E-state index contributed by atoms with van der Waals surface area (Å²) in [6, 6.07) is 14.3. The molecule has 3 nitrogen and oxygen atoms in total. The van der Waals surface area contributed by atoms with E-state index in [1.807, 2.05) is 18.2 Å². The molecule has 0 N–H and O–H groups in total. The van der Waals surface area contributed by atoms with Crippen molar-refractivity contribution in [2.45, 2.75) is 6.29 Å². The molecule has 0 bridgehead atoms. The van der Waals surface area contributed by atoms with Gasteiger partial charge in [0.25, 0.3) is 0 Å². The van der Waals surface area contributed by atoms with E-state index in [2.05, 4.69) is 29.2 Å². The molecule has 0 saturated carbocycles. The van der Waals surface area contributed by atoms with Gasteiger partial charge in [-0.15, -0.1) is 0 Å². The van der Waals surface area contributed by atoms with E-state index in [1.165, 1.54) is 0 Å². The molecule has 0 radical (unpaired) electrons. The second-order valence-corrected chi connectivity index (χ2v) is 5.16. The average molecular weight is 286 g/mol. The highest BCUT2D eigenvalue weighted by Gasteiger charge is 2.22. The predicted molar refractivity (Wildman–Crippen MR) is 78.9 cm³/mol. The van der Waals surface area contributed by atoms with Gasteiger partial charge in [0.1, 0.15) is 5.15 Å². The zero-order valence-corrected chi connectivity index (χ0v) is 11.4. The van der Waals surface area contributed by atoms with Gasteiger partial charge in [-0.05, 0) is 11.5 Å². The monoisotopic (exact) mass is 285 g/mol. The quantitative estimate of drug-likeness (QED) is 0.498. The minimum atomic E-state index is -0.397. The summed E-state index contributed by atoms with van der Waals surface area (Å²) in [6.45, 7) is 1.19. The summed E-state index contributed by atoms with van der Waals surface area (Å²) < 4.78 is 11.0. The van der Waals surface area contributed by atoms with Crippen molar-refractivity contribution in [1.29, 1.82) is 0 Å². The molecule has 0 unspecified atom stereocenters. The number of hydrogen-bond donors (Lipinski definition) is 0. The van der Waals surface area contributed by atoms with Gasteiger partial charge in [0.05, 0.1) is 18.7 Å². The first-order valence-corrected chi connectivity index (χ1v) is 6.92. The van der Waals surface area contributed by atoms with Gasteiger partial charge in [0.2, 0.25) is 0 Å². The first-order valence-electron chi connectivity index (χ1n) is 6.54. The molecule has 0 aliphatic carbocycles. The van der Waals surface area contributed by atoms with Crippen molar-refractivity contribution in [2.75, 3.05) is 13.2 Å². The lowest BCUT2D eigenvalue weighted by Gasteiger charge is -2.12. The molecule has 20 heavy (non-hydrogen) atoms. The van der Waals surface area contributed by atoms with Gasteiger partial charge in [0, 0.05) is 16.3 Å². The summed E-state index contributed by atoms with van der Waals surface area (Å²) in [5, 5.41) is 3.75. The maximum Gasteiger partial charge on any atom is 0.187 e. The number of nitrogens with zero attached hydrogens (tertiary/aromatic N) is 1. The first kappa shape index (κ1) is 12.1. The minimum Gasteiger partial charge on any atom is -0.346 e. The number of hydrogen-bond acceptors (Lipinski definition) is 3. The number of pyridine rings is 1. The third-order valence-electron chi connectivity index (χ3n) is 3.57. The highest BCUT2D eigenvalue weighted by atomic mass is 35.5. The van der Waals surface area contributed by atoms with Crippen LogP contribution >= 0.6 is 11.6 Å². The van der Waals surface area contributed by atoms with E-state index in [9.17, 15) is 0 Å². The lowest BCUT2D eigenvalue weighted by molar-refractivity contribution is -0.0441. The van der Waals surface area contributed by atoms with Gasteiger partial charge in [-0.25, -0.2) is 4.98 Å². The number of rotatable bonds is 1. The SMILES string of the molecule is Clc1nc2c(ccc3ccccc32)cc1C1OCCO1. The van der Waals surface area contributed by atoms with Crippen LogP contribution in [0, 0.1) is 0 Å². The van der Waals surface area contributed by atoms with E-state index in [1.54, 1.807) is 0 Å². The summed E-state index contributed by atoms with van der Waals surface area (Å²) in [7, 11) is 0. The highest BCUT2D eigenvalue weighted by Crippen LogP contribution is 2.33. The van der Waals surface area contributed by atoms with Crippen LogP contribution in [0.1, 0.15) is 11.9 Å². The molecule has 1 aliphatic heterocycles. The number of benzene rings is 2. The molecule has 1 saturated heterocycles. The first-order chi connectivity index (χ1) is 9.83. The van der Waals surface area contributed by atoms with Crippen LogP contribution in [0.2, 0.25) is 5.15 Å². The maximum atomic E-state index is 6.31. The van der Waals surface area contributed by atoms with Crippen LogP contribution in [0.4, 0.5) is 0 Å². The molecule has 4 heteroatoms. The third-order valence-corrected chi connectivity index (χ3v) is 3.87. The second-order valence-electron chi connectivity index (χ2n) is 4.80. The Morgan fingerprint density at radius 2 is 1.75 bits per heavy atom. The molecule has 1 aromatic heterocycles. The van der Waals surface area contributed by atoms with Gasteiger partial charge in [-0.3, -0.25) is 0 Å². The molecule has 1 fully saturated rings. The highest BCUT2D eigenvalue weighted by molar-refractivity contribution is 6.31. The van der Waals surface area contributed by atoms with Crippen molar-refractivity contribution in [1.82, 2.24) is 4.98 Å². The largest absolute Gasteiger partial charge is 0.346 e. The van der Waals surface area contributed by atoms with Gasteiger partial charge in [-0.1, -0.05) is 48.0 Å². The molecule has 0 amide bonds. The molecule has 0 spiro atoms. The van der Waals surface area contributed by atoms with Gasteiger partial charge >= 0.3 is 0 Å². The standard InChI is InChI=1S/C16H12ClNO2/c17-15-13(16-19-7-8-20-16)9-11-6-5-10-3-1-2-4-12(10)14(11)18-15/h1-6,9,16H,7-8H2. The Labute approximate surface area is 121 Å². The number of halogens is 1. The van der Waals surface area contributed by atoms with Crippen LogP contribution in [0.5, 0.6) is 0 Å². The molecule has 2 aromatic carbocycles. The van der Waals surface area contributed by atoms with E-state index in [4.69, 9.17) is 21.1 Å². The summed E-state index contributed by atoms with van der Waals surface area (Å²) in [5.41, 5.74) is 1.71. The lowest BCUT2D eigenvalue weighted by Crippen LogP contribution is -2.00. The van der Waals surface area contributed by atoms with Gasteiger partial charge in [0.15, 0.2) is 6.29 Å². The van der Waals surface area contributed by atoms with Crippen molar-refractivity contribution in [2.24, 2.45) is 0 Å². The zero-order chi connectivity index (χ0) is 13.5. The summed E-state index contributed by atoms with van der Waals surface area (Å²) in [5.74, 6) is 0. The molecule has 100 valence electrons. The van der Waals surface area contributed by atoms with Gasteiger partial charge in [-0.2, -0.15) is 0 Å². The summed E-state index contributed by atoms with van der Waals surface area (Å²) >= 11 is 6.31. The Kier molecular flexibility index (Phi) is 2.84. The number of ether oxygens (including phenoxy) is 2. The maximum absolute atomic E-state index is 6.31. The minimum absolute atomic E-state index is 0.397. The fraction of sp³-hybridized carbons (Fsp3) is 0.188. The van der Waals surface area contributed by atoms with Crippen LogP contribution in [0.15, 0.2) is 42.5 Å². The van der Waals surface area contributed by atoms with Gasteiger partial charge < -0.3 is 9.47 Å². The molecule has 1 aliphatic rings. The summed E-state index contributed by atoms with van der Waals surface area (Å²) in [4.78, 5) is 4.55. The van der Waals surface area contributed by atoms with Crippen LogP contribution in [0.3, 0.4) is 0 Å². The molecule has 2 heterocycles. The lowest BCUT2D eigenvalue weighted by atomic mass is 10.0. The van der Waals surface area contributed by atoms with E-state index in [0.29, 0.717) is 18.4 Å². The van der Waals surface area contributed by atoms with E-state index in [-0.39, 0.29) is 0 Å². The van der Waals surface area contributed by atoms with Crippen molar-refractivity contribution in [3.05, 3.63) is 53.2 Å².